The third-order valence-electron chi connectivity index (χ3n) is 4.57. The first-order valence-corrected chi connectivity index (χ1v) is 10.2. The molecular formula is C19H24N2O6S. The van der Waals surface area contributed by atoms with Crippen LogP contribution in [0.5, 0.6) is 5.75 Å². The van der Waals surface area contributed by atoms with Crippen LogP contribution in [0, 0.1) is 11.8 Å². The number of benzene rings is 1. The minimum Gasteiger partial charge on any atom is -0.480 e. The molecule has 9 heteroatoms. The zero-order valence-electron chi connectivity index (χ0n) is 16.2. The lowest BCUT2D eigenvalue weighted by Crippen LogP contribution is -2.63. The van der Waals surface area contributed by atoms with Crippen LogP contribution >= 0.6 is 0 Å². The first kappa shape index (κ1) is 21.7. The van der Waals surface area contributed by atoms with Gasteiger partial charge in [-0.1, -0.05) is 5.92 Å². The molecular weight excluding hydrogens is 384 g/mol. The number of carbonyl (C=O) groups is 2. The summed E-state index contributed by atoms with van der Waals surface area (Å²) in [5, 5.41) is 9.61. The van der Waals surface area contributed by atoms with E-state index in [1.54, 1.807) is 13.8 Å². The summed E-state index contributed by atoms with van der Waals surface area (Å²) in [6.07, 6.45) is -0.343. The second-order valence-corrected chi connectivity index (χ2v) is 8.37. The predicted octanol–water partition coefficient (Wildman–Crippen LogP) is 1.17. The SMILES string of the molecule is CC#CC(C)Oc1ccc(S(=O)(=O)N2CCN(C(C)=O)C(C)C2C(=O)O)cc1. The van der Waals surface area contributed by atoms with Crippen molar-refractivity contribution in [3.63, 3.8) is 0 Å². The molecule has 0 bridgehead atoms. The summed E-state index contributed by atoms with van der Waals surface area (Å²) in [5.74, 6) is 4.44. The van der Waals surface area contributed by atoms with Crippen LogP contribution in [0.15, 0.2) is 29.2 Å². The minimum absolute atomic E-state index is 0.0381. The fraction of sp³-hybridized carbons (Fsp3) is 0.474. The van der Waals surface area contributed by atoms with Crippen LogP contribution in [0.2, 0.25) is 0 Å². The van der Waals surface area contributed by atoms with E-state index in [4.69, 9.17) is 4.74 Å². The summed E-state index contributed by atoms with van der Waals surface area (Å²) >= 11 is 0. The molecule has 1 aromatic rings. The number of sulfonamides is 1. The van der Waals surface area contributed by atoms with Gasteiger partial charge in [-0.05, 0) is 45.0 Å². The molecule has 1 heterocycles. The van der Waals surface area contributed by atoms with Crippen molar-refractivity contribution in [2.45, 2.75) is 50.8 Å². The van der Waals surface area contributed by atoms with Crippen molar-refractivity contribution in [1.82, 2.24) is 9.21 Å². The number of hydrogen-bond acceptors (Lipinski definition) is 5. The second kappa shape index (κ2) is 8.63. The number of piperazine rings is 1. The van der Waals surface area contributed by atoms with Crippen LogP contribution in [0.25, 0.3) is 0 Å². The molecule has 1 fully saturated rings. The highest BCUT2D eigenvalue weighted by atomic mass is 32.2. The molecule has 8 nitrogen and oxygen atoms in total. The fourth-order valence-electron chi connectivity index (χ4n) is 3.27. The predicted molar refractivity (Wildman–Crippen MR) is 102 cm³/mol. The van der Waals surface area contributed by atoms with Gasteiger partial charge in [-0.2, -0.15) is 4.31 Å². The first-order valence-electron chi connectivity index (χ1n) is 8.80. The second-order valence-electron chi connectivity index (χ2n) is 6.48. The number of carbonyl (C=O) groups excluding carboxylic acids is 1. The highest BCUT2D eigenvalue weighted by Crippen LogP contribution is 2.27. The number of amides is 1. The lowest BCUT2D eigenvalue weighted by atomic mass is 10.1. The Morgan fingerprint density at radius 1 is 1.25 bits per heavy atom. The van der Waals surface area contributed by atoms with Crippen LogP contribution < -0.4 is 4.74 Å². The van der Waals surface area contributed by atoms with Gasteiger partial charge >= 0.3 is 5.97 Å². The number of aliphatic carboxylic acids is 1. The minimum atomic E-state index is -4.06. The molecule has 0 aromatic heterocycles. The van der Waals surface area contributed by atoms with E-state index < -0.39 is 28.1 Å². The number of rotatable bonds is 5. The maximum atomic E-state index is 13.1. The monoisotopic (exact) mass is 408 g/mol. The topological polar surface area (TPSA) is 104 Å². The van der Waals surface area contributed by atoms with Gasteiger partial charge in [0.1, 0.15) is 11.8 Å². The maximum Gasteiger partial charge on any atom is 0.324 e. The molecule has 28 heavy (non-hydrogen) atoms. The highest BCUT2D eigenvalue weighted by Gasteiger charge is 2.45. The summed E-state index contributed by atoms with van der Waals surface area (Å²) in [7, 11) is -4.06. The van der Waals surface area contributed by atoms with E-state index in [0.29, 0.717) is 5.75 Å². The quantitative estimate of drug-likeness (QED) is 0.734. The van der Waals surface area contributed by atoms with E-state index in [0.717, 1.165) is 4.31 Å². The smallest absolute Gasteiger partial charge is 0.324 e. The Balaban J connectivity index is 2.30. The molecule has 152 valence electrons. The molecule has 1 aromatic carbocycles. The maximum absolute atomic E-state index is 13.1. The molecule has 1 aliphatic heterocycles. The lowest BCUT2D eigenvalue weighted by Gasteiger charge is -2.43. The summed E-state index contributed by atoms with van der Waals surface area (Å²) < 4.78 is 32.6. The third-order valence-corrected chi connectivity index (χ3v) is 6.46. The largest absolute Gasteiger partial charge is 0.480 e. The number of carboxylic acids is 1. The number of hydrogen-bond donors (Lipinski definition) is 1. The van der Waals surface area contributed by atoms with Crippen LogP contribution in [-0.4, -0.2) is 65.9 Å². The van der Waals surface area contributed by atoms with Gasteiger partial charge < -0.3 is 14.7 Å². The van der Waals surface area contributed by atoms with Gasteiger partial charge in [-0.15, -0.1) is 5.92 Å². The van der Waals surface area contributed by atoms with Gasteiger partial charge in [0.2, 0.25) is 15.9 Å². The van der Waals surface area contributed by atoms with Gasteiger partial charge in [-0.25, -0.2) is 8.42 Å². The van der Waals surface area contributed by atoms with Crippen molar-refractivity contribution >= 4 is 21.9 Å². The number of ether oxygens (including phenoxy) is 1. The van der Waals surface area contributed by atoms with E-state index in [2.05, 4.69) is 11.8 Å². The van der Waals surface area contributed by atoms with Crippen molar-refractivity contribution < 1.29 is 27.9 Å². The Bertz CT molecular complexity index is 901. The third kappa shape index (κ3) is 4.46. The Kier molecular flexibility index (Phi) is 6.69. The fourth-order valence-corrected chi connectivity index (χ4v) is 4.90. The van der Waals surface area contributed by atoms with E-state index in [1.165, 1.54) is 43.0 Å². The average molecular weight is 408 g/mol. The van der Waals surface area contributed by atoms with Crippen LogP contribution in [-0.2, 0) is 19.6 Å². The molecule has 0 radical (unpaired) electrons. The molecule has 1 saturated heterocycles. The van der Waals surface area contributed by atoms with Crippen molar-refractivity contribution in [2.24, 2.45) is 0 Å². The summed E-state index contributed by atoms with van der Waals surface area (Å²) in [6.45, 7) is 6.38. The summed E-state index contributed by atoms with van der Waals surface area (Å²) in [5.41, 5.74) is 0. The standard InChI is InChI=1S/C19H24N2O6S/c1-5-6-13(2)27-16-7-9-17(10-8-16)28(25,26)21-12-11-20(15(4)22)14(3)18(21)19(23)24/h7-10,13-14,18H,11-12H2,1-4H3,(H,23,24). The van der Waals surface area contributed by atoms with E-state index in [-0.39, 0.29) is 30.0 Å². The lowest BCUT2D eigenvalue weighted by molar-refractivity contribution is -0.148. The van der Waals surface area contributed by atoms with E-state index >= 15 is 0 Å². The molecule has 3 atom stereocenters. The molecule has 0 aliphatic carbocycles. The Labute approximate surface area is 165 Å². The molecule has 3 unspecified atom stereocenters. The first-order chi connectivity index (χ1) is 13.1. The summed E-state index contributed by atoms with van der Waals surface area (Å²) in [6, 6.07) is 3.61. The van der Waals surface area contributed by atoms with E-state index in [9.17, 15) is 23.1 Å². The average Bonchev–Trinajstić information content (AvgIpc) is 2.61. The highest BCUT2D eigenvalue weighted by molar-refractivity contribution is 7.89. The molecule has 1 amide bonds. The van der Waals surface area contributed by atoms with Gasteiger partial charge in [0.05, 0.1) is 10.9 Å². The van der Waals surface area contributed by atoms with Gasteiger partial charge in [0, 0.05) is 20.0 Å². The van der Waals surface area contributed by atoms with Crippen LogP contribution in [0.3, 0.4) is 0 Å². The Hall–Kier alpha value is -2.57. The number of carboxylic acid groups (broad SMARTS) is 1. The van der Waals surface area contributed by atoms with Crippen molar-refractivity contribution in [2.75, 3.05) is 13.1 Å². The van der Waals surface area contributed by atoms with Gasteiger partial charge in [-0.3, -0.25) is 9.59 Å². The Morgan fingerprint density at radius 3 is 2.36 bits per heavy atom. The zero-order valence-corrected chi connectivity index (χ0v) is 17.1. The van der Waals surface area contributed by atoms with Crippen molar-refractivity contribution in [1.29, 1.82) is 0 Å². The number of nitrogens with zero attached hydrogens (tertiary/aromatic N) is 2. The summed E-state index contributed by atoms with van der Waals surface area (Å²) in [4.78, 5) is 24.8. The van der Waals surface area contributed by atoms with Crippen LogP contribution in [0.1, 0.15) is 27.7 Å². The molecule has 2 rings (SSSR count). The normalized spacial score (nSPS) is 21.4. The van der Waals surface area contributed by atoms with Crippen molar-refractivity contribution in [3.05, 3.63) is 24.3 Å². The zero-order chi connectivity index (χ0) is 21.1. The van der Waals surface area contributed by atoms with Gasteiger partial charge in [0.15, 0.2) is 6.10 Å². The molecule has 0 spiro atoms. The molecule has 1 N–H and O–H groups in total. The molecule has 1 aliphatic rings. The van der Waals surface area contributed by atoms with E-state index in [1.807, 2.05) is 0 Å². The van der Waals surface area contributed by atoms with Crippen LogP contribution in [0.4, 0.5) is 0 Å². The molecule has 0 saturated carbocycles. The van der Waals surface area contributed by atoms with Crippen molar-refractivity contribution in [3.8, 4) is 17.6 Å². The Morgan fingerprint density at radius 2 is 1.86 bits per heavy atom. The van der Waals surface area contributed by atoms with Gasteiger partial charge in [0.25, 0.3) is 0 Å².